The smallest absolute Gasteiger partial charge is 0.263 e. The summed E-state index contributed by atoms with van der Waals surface area (Å²) in [5.74, 6) is 0.804. The Morgan fingerprint density at radius 1 is 1.13 bits per heavy atom. The van der Waals surface area contributed by atoms with E-state index in [9.17, 15) is 17.2 Å². The highest BCUT2D eigenvalue weighted by Crippen LogP contribution is 2.31. The van der Waals surface area contributed by atoms with Crippen molar-refractivity contribution < 1.29 is 17.2 Å². The van der Waals surface area contributed by atoms with Crippen molar-refractivity contribution in [3.63, 3.8) is 0 Å². The molecule has 0 amide bonds. The zero-order chi connectivity index (χ0) is 21.6. The van der Waals surface area contributed by atoms with E-state index in [4.69, 9.17) is 0 Å². The summed E-state index contributed by atoms with van der Waals surface area (Å²) >= 11 is 0. The third-order valence-electron chi connectivity index (χ3n) is 5.66. The molecule has 7 nitrogen and oxygen atoms in total. The molecule has 0 spiro atoms. The molecule has 2 aromatic carbocycles. The van der Waals surface area contributed by atoms with E-state index in [1.807, 2.05) is 11.0 Å². The number of nitrogens with one attached hydrogen (secondary N) is 2. The van der Waals surface area contributed by atoms with Crippen LogP contribution in [0.2, 0.25) is 0 Å². The van der Waals surface area contributed by atoms with Crippen molar-refractivity contribution in [2.75, 3.05) is 35.6 Å². The number of benzene rings is 2. The minimum Gasteiger partial charge on any atom is -0.364 e. The molecule has 10 heteroatoms. The minimum atomic E-state index is -3.41. The maximum atomic E-state index is 13.3. The second kappa shape index (κ2) is 7.69. The number of sulfone groups is 1. The van der Waals surface area contributed by atoms with Gasteiger partial charge in [0.2, 0.25) is 5.95 Å². The number of alkyl halides is 2. The Morgan fingerprint density at radius 2 is 1.94 bits per heavy atom. The first-order valence-electron chi connectivity index (χ1n) is 10.0. The predicted molar refractivity (Wildman–Crippen MR) is 114 cm³/mol. The van der Waals surface area contributed by atoms with Gasteiger partial charge in [-0.3, -0.25) is 0 Å². The van der Waals surface area contributed by atoms with E-state index < -0.39 is 16.3 Å². The van der Waals surface area contributed by atoms with E-state index in [0.29, 0.717) is 39.7 Å². The van der Waals surface area contributed by atoms with Gasteiger partial charge in [0.1, 0.15) is 5.82 Å². The second-order valence-corrected chi connectivity index (χ2v) is 9.87. The van der Waals surface area contributed by atoms with Gasteiger partial charge in [-0.25, -0.2) is 22.2 Å². The molecule has 0 unspecified atom stereocenters. The van der Waals surface area contributed by atoms with Crippen molar-refractivity contribution in [1.82, 2.24) is 15.3 Å². The zero-order valence-electron chi connectivity index (χ0n) is 16.6. The summed E-state index contributed by atoms with van der Waals surface area (Å²) < 4.78 is 51.9. The molecule has 162 valence electrons. The van der Waals surface area contributed by atoms with Crippen molar-refractivity contribution in [1.29, 1.82) is 0 Å². The summed E-state index contributed by atoms with van der Waals surface area (Å²) in [6.45, 7) is 2.10. The lowest BCUT2D eigenvalue weighted by Crippen LogP contribution is -2.51. The third kappa shape index (κ3) is 3.81. The highest BCUT2D eigenvalue weighted by molar-refractivity contribution is 7.91. The van der Waals surface area contributed by atoms with Crippen LogP contribution in [0.3, 0.4) is 0 Å². The lowest BCUT2D eigenvalue weighted by atomic mass is 10.1. The predicted octanol–water partition coefficient (Wildman–Crippen LogP) is 2.75. The van der Waals surface area contributed by atoms with Crippen LogP contribution in [0.25, 0.3) is 10.9 Å². The second-order valence-electron chi connectivity index (χ2n) is 7.80. The Kier molecular flexibility index (Phi) is 4.98. The van der Waals surface area contributed by atoms with Crippen LogP contribution < -0.4 is 15.5 Å². The maximum Gasteiger partial charge on any atom is 0.263 e. The van der Waals surface area contributed by atoms with Gasteiger partial charge in [-0.2, -0.15) is 4.98 Å². The summed E-state index contributed by atoms with van der Waals surface area (Å²) in [6, 6.07) is 11.4. The molecule has 0 saturated carbocycles. The molecule has 2 aliphatic heterocycles. The lowest BCUT2D eigenvalue weighted by Gasteiger charge is -2.29. The molecule has 5 rings (SSSR count). The fraction of sp³-hybridized carbons (Fsp3) is 0.333. The Hall–Kier alpha value is -2.85. The van der Waals surface area contributed by atoms with Gasteiger partial charge in [-0.1, -0.05) is 24.3 Å². The summed E-state index contributed by atoms with van der Waals surface area (Å²) in [4.78, 5) is 11.4. The fourth-order valence-electron chi connectivity index (χ4n) is 3.84. The SMILES string of the molecule is O=S1(=O)CCN(c2nc(NC3CNC3)c3cc(C(F)F)ccc3n2)Cc2ccccc21. The molecule has 2 N–H and O–H groups in total. The van der Waals surface area contributed by atoms with Crippen LogP contribution in [0.15, 0.2) is 47.4 Å². The van der Waals surface area contributed by atoms with Gasteiger partial charge >= 0.3 is 0 Å². The van der Waals surface area contributed by atoms with Gasteiger partial charge in [0.15, 0.2) is 9.84 Å². The quantitative estimate of drug-likeness (QED) is 0.639. The molecular formula is C21H21F2N5O2S. The first-order chi connectivity index (χ1) is 14.9. The van der Waals surface area contributed by atoms with Crippen molar-refractivity contribution >= 4 is 32.5 Å². The Balaban J connectivity index is 1.59. The van der Waals surface area contributed by atoms with Crippen molar-refractivity contribution in [2.45, 2.75) is 23.9 Å². The Bertz CT molecular complexity index is 1250. The molecule has 1 saturated heterocycles. The molecule has 0 bridgehead atoms. The van der Waals surface area contributed by atoms with Crippen LogP contribution in [-0.2, 0) is 16.4 Å². The molecule has 0 radical (unpaired) electrons. The molecule has 3 aromatic rings. The summed E-state index contributed by atoms with van der Waals surface area (Å²) in [5.41, 5.74) is 1.13. The monoisotopic (exact) mass is 445 g/mol. The van der Waals surface area contributed by atoms with Gasteiger partial charge < -0.3 is 15.5 Å². The Labute approximate surface area is 178 Å². The van der Waals surface area contributed by atoms with Crippen molar-refractivity contribution in [3.8, 4) is 0 Å². The molecule has 31 heavy (non-hydrogen) atoms. The van der Waals surface area contributed by atoms with Crippen LogP contribution in [0.1, 0.15) is 17.6 Å². The van der Waals surface area contributed by atoms with E-state index in [-0.39, 0.29) is 23.9 Å². The molecule has 0 atom stereocenters. The van der Waals surface area contributed by atoms with Crippen LogP contribution in [-0.4, -0.2) is 49.8 Å². The van der Waals surface area contributed by atoms with Crippen molar-refractivity contribution in [2.24, 2.45) is 0 Å². The summed E-state index contributed by atoms with van der Waals surface area (Å²) in [5, 5.41) is 7.00. The fourth-order valence-corrected chi connectivity index (χ4v) is 5.34. The largest absolute Gasteiger partial charge is 0.364 e. The third-order valence-corrected chi connectivity index (χ3v) is 7.45. The number of aromatic nitrogens is 2. The van der Waals surface area contributed by atoms with E-state index in [0.717, 1.165) is 13.1 Å². The van der Waals surface area contributed by atoms with Gasteiger partial charge in [0, 0.05) is 37.1 Å². The lowest BCUT2D eigenvalue weighted by molar-refractivity contribution is 0.151. The maximum absolute atomic E-state index is 13.3. The zero-order valence-corrected chi connectivity index (χ0v) is 17.4. The number of anilines is 2. The number of fused-ring (bicyclic) bond motifs is 2. The number of hydrogen-bond donors (Lipinski definition) is 2. The number of hydrogen-bond acceptors (Lipinski definition) is 7. The van der Waals surface area contributed by atoms with E-state index in [2.05, 4.69) is 20.6 Å². The average molecular weight is 445 g/mol. The molecule has 0 aliphatic carbocycles. The van der Waals surface area contributed by atoms with Gasteiger partial charge in [0.05, 0.1) is 22.2 Å². The highest BCUT2D eigenvalue weighted by Gasteiger charge is 2.27. The first kappa shape index (κ1) is 20.1. The molecule has 1 fully saturated rings. The van der Waals surface area contributed by atoms with Gasteiger partial charge in [-0.05, 0) is 23.8 Å². The van der Waals surface area contributed by atoms with Gasteiger partial charge in [0.25, 0.3) is 6.43 Å². The average Bonchev–Trinajstić information content (AvgIpc) is 2.86. The minimum absolute atomic E-state index is 0.0506. The van der Waals surface area contributed by atoms with Crippen LogP contribution in [0.5, 0.6) is 0 Å². The van der Waals surface area contributed by atoms with Crippen molar-refractivity contribution in [3.05, 3.63) is 53.6 Å². The topological polar surface area (TPSA) is 87.2 Å². The normalized spacial score (nSPS) is 18.5. The van der Waals surface area contributed by atoms with Crippen LogP contribution in [0, 0.1) is 0 Å². The number of rotatable bonds is 4. The summed E-state index contributed by atoms with van der Waals surface area (Å²) in [7, 11) is -3.41. The number of nitrogens with zero attached hydrogens (tertiary/aromatic N) is 3. The standard InChI is InChI=1S/C21H21F2N5O2S/c22-19(23)13-5-6-17-16(9-13)20(25-15-10-24-11-15)27-21(26-17)28-7-8-31(29,30)18-4-2-1-3-14(18)12-28/h1-6,9,15,19,24H,7-8,10-12H2,(H,25,26,27). The molecule has 3 heterocycles. The molecule has 1 aromatic heterocycles. The molecular weight excluding hydrogens is 424 g/mol. The number of halogens is 2. The summed E-state index contributed by atoms with van der Waals surface area (Å²) in [6.07, 6.45) is -2.59. The van der Waals surface area contributed by atoms with E-state index >= 15 is 0 Å². The van der Waals surface area contributed by atoms with E-state index in [1.165, 1.54) is 12.1 Å². The molecule has 2 aliphatic rings. The van der Waals surface area contributed by atoms with Crippen LogP contribution in [0.4, 0.5) is 20.5 Å². The van der Waals surface area contributed by atoms with Gasteiger partial charge in [-0.15, -0.1) is 0 Å². The van der Waals surface area contributed by atoms with Crippen LogP contribution >= 0.6 is 0 Å². The first-order valence-corrected chi connectivity index (χ1v) is 11.7. The highest BCUT2D eigenvalue weighted by atomic mass is 32.2. The van der Waals surface area contributed by atoms with E-state index in [1.54, 1.807) is 24.3 Å². The Morgan fingerprint density at radius 3 is 2.68 bits per heavy atom.